The number of phenols is 2. The molecule has 130 valence electrons. The molecule has 0 bridgehead atoms. The van der Waals surface area contributed by atoms with E-state index in [2.05, 4.69) is 11.1 Å². The summed E-state index contributed by atoms with van der Waals surface area (Å²) in [7, 11) is 0. The molecule has 0 fully saturated rings. The molecule has 27 heavy (non-hydrogen) atoms. The van der Waals surface area contributed by atoms with Crippen molar-refractivity contribution in [3.8, 4) is 33.9 Å². The van der Waals surface area contributed by atoms with E-state index in [1.165, 1.54) is 0 Å². The molecule has 1 aromatic heterocycles. The molecule has 5 rings (SSSR count). The van der Waals surface area contributed by atoms with Gasteiger partial charge in [0.25, 0.3) is 0 Å². The molecule has 5 aromatic rings. The zero-order valence-corrected chi connectivity index (χ0v) is 14.5. The molecular formula is C24H17NO2. The van der Waals surface area contributed by atoms with Crippen LogP contribution in [0.1, 0.15) is 0 Å². The van der Waals surface area contributed by atoms with Gasteiger partial charge in [0.2, 0.25) is 0 Å². The zero-order valence-electron chi connectivity index (χ0n) is 14.5. The summed E-state index contributed by atoms with van der Waals surface area (Å²) in [4.78, 5) is 3.22. The van der Waals surface area contributed by atoms with Gasteiger partial charge in [0, 0.05) is 23.0 Å². The average Bonchev–Trinajstić information content (AvgIpc) is 3.23. The molecule has 3 heteroatoms. The Labute approximate surface area is 156 Å². The van der Waals surface area contributed by atoms with Crippen molar-refractivity contribution in [1.29, 1.82) is 0 Å². The third-order valence-corrected chi connectivity index (χ3v) is 5.06. The van der Waals surface area contributed by atoms with Crippen LogP contribution in [-0.4, -0.2) is 15.2 Å². The monoisotopic (exact) mass is 351 g/mol. The van der Waals surface area contributed by atoms with E-state index < -0.39 is 0 Å². The third kappa shape index (κ3) is 2.44. The molecule has 3 N–H and O–H groups in total. The van der Waals surface area contributed by atoms with Crippen LogP contribution in [0.2, 0.25) is 0 Å². The molecule has 0 spiro atoms. The van der Waals surface area contributed by atoms with Crippen LogP contribution < -0.4 is 0 Å². The van der Waals surface area contributed by atoms with Gasteiger partial charge in [0.1, 0.15) is 11.5 Å². The lowest BCUT2D eigenvalue weighted by molar-refractivity contribution is 0.470. The Morgan fingerprint density at radius 1 is 0.593 bits per heavy atom. The molecule has 0 saturated carbocycles. The first-order chi connectivity index (χ1) is 13.2. The van der Waals surface area contributed by atoms with Gasteiger partial charge in [-0.15, -0.1) is 0 Å². The second-order valence-corrected chi connectivity index (χ2v) is 6.66. The summed E-state index contributed by atoms with van der Waals surface area (Å²) in [6.45, 7) is 0. The van der Waals surface area contributed by atoms with Crippen molar-refractivity contribution in [3.05, 3.63) is 85.1 Å². The molecule has 1 heterocycles. The van der Waals surface area contributed by atoms with E-state index in [1.807, 2.05) is 66.9 Å². The number of aromatic amines is 1. The van der Waals surface area contributed by atoms with Gasteiger partial charge < -0.3 is 15.2 Å². The Bertz CT molecular complexity index is 1290. The highest BCUT2D eigenvalue weighted by Crippen LogP contribution is 2.44. The smallest absolute Gasteiger partial charge is 0.124 e. The summed E-state index contributed by atoms with van der Waals surface area (Å²) >= 11 is 0. The van der Waals surface area contributed by atoms with E-state index >= 15 is 0 Å². The first-order valence-corrected chi connectivity index (χ1v) is 8.83. The summed E-state index contributed by atoms with van der Waals surface area (Å²) in [5.41, 5.74) is 3.43. The first kappa shape index (κ1) is 15.5. The summed E-state index contributed by atoms with van der Waals surface area (Å²) in [6, 6.07) is 25.2. The van der Waals surface area contributed by atoms with Crippen LogP contribution in [0.15, 0.2) is 85.1 Å². The van der Waals surface area contributed by atoms with Crippen molar-refractivity contribution in [1.82, 2.24) is 4.98 Å². The molecule has 0 aliphatic carbocycles. The fraction of sp³-hybridized carbons (Fsp3) is 0. The fourth-order valence-corrected chi connectivity index (χ4v) is 3.78. The van der Waals surface area contributed by atoms with Crippen molar-refractivity contribution in [3.63, 3.8) is 0 Å². The number of benzene rings is 4. The van der Waals surface area contributed by atoms with Crippen LogP contribution in [-0.2, 0) is 0 Å². The normalized spacial score (nSPS) is 11.3. The largest absolute Gasteiger partial charge is 0.507 e. The number of hydrogen-bond donors (Lipinski definition) is 3. The maximum atomic E-state index is 10.7. The number of phenolic OH excluding ortho intramolecular Hbond substituents is 2. The number of aromatic nitrogens is 1. The Morgan fingerprint density at radius 3 is 2.04 bits per heavy atom. The Balaban J connectivity index is 1.84. The lowest BCUT2D eigenvalue weighted by Gasteiger charge is -2.14. The Kier molecular flexibility index (Phi) is 3.41. The summed E-state index contributed by atoms with van der Waals surface area (Å²) in [6.07, 6.45) is 1.90. The minimum Gasteiger partial charge on any atom is -0.507 e. The standard InChI is InChI=1S/C24H17NO2/c26-21-11-8-15-4-1-2-5-18(15)23(21)24-19-10-7-17(20-6-3-13-25-20)14-16(19)9-12-22(24)27/h1-14,25-27H. The second-order valence-electron chi connectivity index (χ2n) is 6.66. The topological polar surface area (TPSA) is 56.2 Å². The number of rotatable bonds is 2. The van der Waals surface area contributed by atoms with Crippen molar-refractivity contribution < 1.29 is 10.2 Å². The van der Waals surface area contributed by atoms with Crippen LogP contribution in [0, 0.1) is 0 Å². The Hall–Kier alpha value is -3.72. The van der Waals surface area contributed by atoms with Crippen molar-refractivity contribution in [2.24, 2.45) is 0 Å². The maximum absolute atomic E-state index is 10.7. The SMILES string of the molecule is Oc1ccc2ccccc2c1-c1c(O)ccc2cc(-c3ccc[nH]3)ccc12. The van der Waals surface area contributed by atoms with Gasteiger partial charge in [-0.05, 0) is 57.4 Å². The highest BCUT2D eigenvalue weighted by molar-refractivity contribution is 6.10. The third-order valence-electron chi connectivity index (χ3n) is 5.06. The van der Waals surface area contributed by atoms with Gasteiger partial charge in [-0.1, -0.05) is 48.5 Å². The number of hydrogen-bond acceptors (Lipinski definition) is 2. The molecule has 0 atom stereocenters. The van der Waals surface area contributed by atoms with Gasteiger partial charge in [-0.25, -0.2) is 0 Å². The highest BCUT2D eigenvalue weighted by Gasteiger charge is 2.17. The zero-order chi connectivity index (χ0) is 18.4. The summed E-state index contributed by atoms with van der Waals surface area (Å²) < 4.78 is 0. The number of fused-ring (bicyclic) bond motifs is 2. The molecule has 0 aliphatic rings. The fourth-order valence-electron chi connectivity index (χ4n) is 3.78. The van der Waals surface area contributed by atoms with Gasteiger partial charge >= 0.3 is 0 Å². The van der Waals surface area contributed by atoms with Crippen LogP contribution in [0.3, 0.4) is 0 Å². The summed E-state index contributed by atoms with van der Waals surface area (Å²) in [5.74, 6) is 0.312. The second kappa shape index (κ2) is 5.92. The number of H-pyrrole nitrogens is 1. The molecule has 0 aliphatic heterocycles. The number of nitrogens with one attached hydrogen (secondary N) is 1. The molecule has 3 nitrogen and oxygen atoms in total. The minimum atomic E-state index is 0.154. The molecule has 4 aromatic carbocycles. The van der Waals surface area contributed by atoms with Gasteiger partial charge in [-0.2, -0.15) is 0 Å². The molecule has 0 unspecified atom stereocenters. The van der Waals surface area contributed by atoms with E-state index in [0.717, 1.165) is 32.8 Å². The van der Waals surface area contributed by atoms with E-state index in [-0.39, 0.29) is 11.5 Å². The molecule has 0 amide bonds. The van der Waals surface area contributed by atoms with Crippen molar-refractivity contribution in [2.75, 3.05) is 0 Å². The van der Waals surface area contributed by atoms with Crippen LogP contribution in [0.5, 0.6) is 11.5 Å². The van der Waals surface area contributed by atoms with Crippen molar-refractivity contribution >= 4 is 21.5 Å². The van der Waals surface area contributed by atoms with Gasteiger partial charge in [0.15, 0.2) is 0 Å². The average molecular weight is 351 g/mol. The van der Waals surface area contributed by atoms with E-state index in [0.29, 0.717) is 11.1 Å². The Morgan fingerprint density at radius 2 is 1.30 bits per heavy atom. The van der Waals surface area contributed by atoms with Crippen LogP contribution in [0.25, 0.3) is 43.9 Å². The van der Waals surface area contributed by atoms with Gasteiger partial charge in [-0.3, -0.25) is 0 Å². The summed E-state index contributed by atoms with van der Waals surface area (Å²) in [5, 5.41) is 25.1. The lowest BCUT2D eigenvalue weighted by atomic mass is 9.91. The predicted molar refractivity (Wildman–Crippen MR) is 110 cm³/mol. The minimum absolute atomic E-state index is 0.154. The van der Waals surface area contributed by atoms with E-state index in [1.54, 1.807) is 12.1 Å². The lowest BCUT2D eigenvalue weighted by Crippen LogP contribution is -1.87. The van der Waals surface area contributed by atoms with E-state index in [4.69, 9.17) is 0 Å². The molecule has 0 radical (unpaired) electrons. The quantitative estimate of drug-likeness (QED) is 0.362. The highest BCUT2D eigenvalue weighted by atomic mass is 16.3. The van der Waals surface area contributed by atoms with Crippen LogP contribution in [0.4, 0.5) is 0 Å². The predicted octanol–water partition coefficient (Wildman–Crippen LogP) is 6.07. The van der Waals surface area contributed by atoms with E-state index in [9.17, 15) is 10.2 Å². The van der Waals surface area contributed by atoms with Gasteiger partial charge in [0.05, 0.1) is 0 Å². The van der Waals surface area contributed by atoms with Crippen LogP contribution >= 0.6 is 0 Å². The van der Waals surface area contributed by atoms with Crippen molar-refractivity contribution in [2.45, 2.75) is 0 Å². The first-order valence-electron chi connectivity index (χ1n) is 8.83. The molecule has 0 saturated heterocycles. The number of aromatic hydroxyl groups is 2. The molecular weight excluding hydrogens is 334 g/mol. The maximum Gasteiger partial charge on any atom is 0.124 e.